The van der Waals surface area contributed by atoms with Crippen molar-refractivity contribution >= 4 is 23.4 Å². The number of quaternary nitrogens is 1. The van der Waals surface area contributed by atoms with Crippen molar-refractivity contribution in [3.63, 3.8) is 0 Å². The molecule has 1 heterocycles. The van der Waals surface area contributed by atoms with Crippen molar-refractivity contribution in [3.05, 3.63) is 76.3 Å². The number of nitrogens with zero attached hydrogens (tertiary/aromatic N) is 3. The smallest absolute Gasteiger partial charge is 0.192 e. The van der Waals surface area contributed by atoms with E-state index >= 15 is 0 Å². The number of rotatable bonds is 8. The molecule has 1 N–H and O–H groups in total. The molecule has 0 unspecified atom stereocenters. The summed E-state index contributed by atoms with van der Waals surface area (Å²) in [5.74, 6) is 1.07. The van der Waals surface area contributed by atoms with Gasteiger partial charge >= 0.3 is 0 Å². The Hall–Kier alpha value is -1.89. The van der Waals surface area contributed by atoms with Crippen LogP contribution < -0.4 is 4.90 Å². The molecule has 1 atom stereocenters. The van der Waals surface area contributed by atoms with Crippen LogP contribution in [0.25, 0.3) is 0 Å². The van der Waals surface area contributed by atoms with Crippen molar-refractivity contribution in [2.24, 2.45) is 0 Å². The Labute approximate surface area is 174 Å². The van der Waals surface area contributed by atoms with Crippen molar-refractivity contribution in [2.45, 2.75) is 36.8 Å². The number of aromatic nitrogens is 3. The van der Waals surface area contributed by atoms with Crippen molar-refractivity contribution in [2.75, 3.05) is 14.1 Å². The van der Waals surface area contributed by atoms with E-state index in [1.165, 1.54) is 28.3 Å². The summed E-state index contributed by atoms with van der Waals surface area (Å²) < 4.78 is 16.3. The predicted molar refractivity (Wildman–Crippen MR) is 112 cm³/mol. The summed E-state index contributed by atoms with van der Waals surface area (Å²) in [6.07, 6.45) is 0.957. The van der Waals surface area contributed by atoms with E-state index in [1.807, 2.05) is 18.2 Å². The number of hydrogen-bond acceptors (Lipinski definition) is 3. The second-order valence-electron chi connectivity index (χ2n) is 6.94. The molecule has 0 spiro atoms. The first-order valence-electron chi connectivity index (χ1n) is 9.34. The van der Waals surface area contributed by atoms with E-state index in [9.17, 15) is 4.39 Å². The van der Waals surface area contributed by atoms with Gasteiger partial charge in [0.15, 0.2) is 11.0 Å². The quantitative estimate of drug-likeness (QED) is 0.560. The average Bonchev–Trinajstić information content (AvgIpc) is 3.05. The van der Waals surface area contributed by atoms with E-state index in [0.29, 0.717) is 22.9 Å². The summed E-state index contributed by atoms with van der Waals surface area (Å²) >= 11 is 7.65. The lowest BCUT2D eigenvalue weighted by Gasteiger charge is -2.20. The van der Waals surface area contributed by atoms with E-state index in [1.54, 1.807) is 12.1 Å². The molecule has 1 aromatic heterocycles. The highest BCUT2D eigenvalue weighted by atomic mass is 35.5. The van der Waals surface area contributed by atoms with E-state index in [2.05, 4.69) is 47.9 Å². The molecule has 0 aliphatic carbocycles. The Morgan fingerprint density at radius 1 is 1.11 bits per heavy atom. The van der Waals surface area contributed by atoms with Crippen LogP contribution in [0.1, 0.15) is 36.3 Å². The molecule has 0 aliphatic rings. The molecule has 4 nitrogen and oxygen atoms in total. The maximum Gasteiger partial charge on any atom is 0.192 e. The largest absolute Gasteiger partial charge is 0.331 e. The molecule has 0 bridgehead atoms. The maximum absolute atomic E-state index is 14.2. The van der Waals surface area contributed by atoms with Crippen molar-refractivity contribution < 1.29 is 9.29 Å². The first kappa shape index (κ1) is 20.8. The van der Waals surface area contributed by atoms with E-state index in [4.69, 9.17) is 11.6 Å². The molecule has 3 rings (SSSR count). The fourth-order valence-electron chi connectivity index (χ4n) is 3.24. The third-order valence-corrected chi connectivity index (χ3v) is 6.10. The highest BCUT2D eigenvalue weighted by molar-refractivity contribution is 7.98. The van der Waals surface area contributed by atoms with Crippen molar-refractivity contribution in [3.8, 4) is 0 Å². The molecule has 0 saturated heterocycles. The second-order valence-corrected chi connectivity index (χ2v) is 8.29. The van der Waals surface area contributed by atoms with Crippen LogP contribution in [0.3, 0.4) is 0 Å². The van der Waals surface area contributed by atoms with Crippen LogP contribution in [0.2, 0.25) is 5.02 Å². The molecule has 148 valence electrons. The molecule has 0 fully saturated rings. The normalized spacial score (nSPS) is 12.5. The van der Waals surface area contributed by atoms with Crippen LogP contribution in [-0.2, 0) is 12.3 Å². The van der Waals surface area contributed by atoms with E-state index < -0.39 is 0 Å². The monoisotopic (exact) mass is 419 g/mol. The average molecular weight is 420 g/mol. The van der Waals surface area contributed by atoms with Gasteiger partial charge in [-0.15, -0.1) is 10.2 Å². The zero-order valence-electron chi connectivity index (χ0n) is 16.3. The number of benzene rings is 2. The minimum atomic E-state index is -0.293. The molecule has 2 aromatic carbocycles. The lowest BCUT2D eigenvalue weighted by molar-refractivity contribution is -0.893. The van der Waals surface area contributed by atoms with Gasteiger partial charge in [0.25, 0.3) is 0 Å². The van der Waals surface area contributed by atoms with E-state index in [0.717, 1.165) is 17.4 Å². The molecule has 0 amide bonds. The molecule has 0 aliphatic heterocycles. The van der Waals surface area contributed by atoms with Gasteiger partial charge in [0.2, 0.25) is 0 Å². The highest BCUT2D eigenvalue weighted by Crippen LogP contribution is 2.29. The molecule has 0 radical (unpaired) electrons. The lowest BCUT2D eigenvalue weighted by Crippen LogP contribution is -3.06. The van der Waals surface area contributed by atoms with Gasteiger partial charge < -0.3 is 4.90 Å². The maximum atomic E-state index is 14.2. The summed E-state index contributed by atoms with van der Waals surface area (Å²) in [7, 11) is 4.25. The SMILES string of the molecule is CC[C@@H](c1nnc(SCc2c(F)cccc2Cl)n1Cc1ccccc1)[NH+](C)C. The van der Waals surface area contributed by atoms with Crippen LogP contribution >= 0.6 is 23.4 Å². The highest BCUT2D eigenvalue weighted by Gasteiger charge is 2.25. The first-order chi connectivity index (χ1) is 13.5. The first-order valence-corrected chi connectivity index (χ1v) is 10.7. The number of hydrogen-bond donors (Lipinski definition) is 1. The summed E-state index contributed by atoms with van der Waals surface area (Å²) in [4.78, 5) is 1.30. The van der Waals surface area contributed by atoms with Gasteiger partial charge in [0.05, 0.1) is 20.6 Å². The van der Waals surface area contributed by atoms with Crippen LogP contribution in [0.5, 0.6) is 0 Å². The molecule has 7 heteroatoms. The van der Waals surface area contributed by atoms with Gasteiger partial charge in [-0.3, -0.25) is 4.57 Å². The van der Waals surface area contributed by atoms with Crippen molar-refractivity contribution in [1.29, 1.82) is 0 Å². The zero-order valence-corrected chi connectivity index (χ0v) is 17.9. The van der Waals surface area contributed by atoms with Gasteiger partial charge in [-0.05, 0) is 17.7 Å². The predicted octanol–water partition coefficient (Wildman–Crippen LogP) is 4.01. The Balaban J connectivity index is 1.92. The van der Waals surface area contributed by atoms with Gasteiger partial charge in [-0.1, -0.05) is 66.7 Å². The Morgan fingerprint density at radius 2 is 1.86 bits per heavy atom. The Bertz CT molecular complexity index is 894. The fourth-order valence-corrected chi connectivity index (χ4v) is 4.52. The molecule has 0 saturated carbocycles. The van der Waals surface area contributed by atoms with Gasteiger partial charge in [0.1, 0.15) is 11.9 Å². The molecule has 3 aromatic rings. The number of nitrogens with one attached hydrogen (secondary N) is 1. The summed E-state index contributed by atoms with van der Waals surface area (Å²) in [6, 6.07) is 15.2. The van der Waals surface area contributed by atoms with E-state index in [-0.39, 0.29) is 11.9 Å². The van der Waals surface area contributed by atoms with Crippen LogP contribution in [-0.4, -0.2) is 28.9 Å². The Morgan fingerprint density at radius 3 is 2.50 bits per heavy atom. The van der Waals surface area contributed by atoms with Gasteiger partial charge in [0, 0.05) is 22.8 Å². The summed E-state index contributed by atoms with van der Waals surface area (Å²) in [6.45, 7) is 2.84. The summed E-state index contributed by atoms with van der Waals surface area (Å²) in [5.41, 5.74) is 1.67. The third kappa shape index (κ3) is 4.74. The van der Waals surface area contributed by atoms with Gasteiger partial charge in [-0.2, -0.15) is 0 Å². The van der Waals surface area contributed by atoms with Gasteiger partial charge in [-0.25, -0.2) is 4.39 Å². The zero-order chi connectivity index (χ0) is 20.1. The Kier molecular flexibility index (Phi) is 7.10. The standard InChI is InChI=1S/C21H24ClFN4S/c1-4-19(26(2)3)20-24-25-21(27(20)13-15-9-6-5-7-10-15)28-14-16-17(22)11-8-12-18(16)23/h5-12,19H,4,13-14H2,1-3H3/p+1/t19-/m0/s1. The minimum Gasteiger partial charge on any atom is -0.331 e. The third-order valence-electron chi connectivity index (χ3n) is 4.75. The van der Waals surface area contributed by atoms with Crippen molar-refractivity contribution in [1.82, 2.24) is 14.8 Å². The van der Waals surface area contributed by atoms with Crippen LogP contribution in [0, 0.1) is 5.82 Å². The molecular weight excluding hydrogens is 395 g/mol. The minimum absolute atomic E-state index is 0.239. The fraction of sp³-hybridized carbons (Fsp3) is 0.333. The van der Waals surface area contributed by atoms with Crippen LogP contribution in [0.15, 0.2) is 53.7 Å². The topological polar surface area (TPSA) is 35.1 Å². The molecular formula is C21H25ClFN4S+. The molecule has 28 heavy (non-hydrogen) atoms. The summed E-state index contributed by atoms with van der Waals surface area (Å²) in [5, 5.41) is 10.2. The number of thioether (sulfide) groups is 1. The number of halogens is 2. The van der Waals surface area contributed by atoms with Crippen LogP contribution in [0.4, 0.5) is 4.39 Å². The second kappa shape index (κ2) is 9.54. The lowest BCUT2D eigenvalue weighted by atomic mass is 10.2.